The van der Waals surface area contributed by atoms with Crippen molar-refractivity contribution in [2.24, 2.45) is 0 Å². The Morgan fingerprint density at radius 1 is 0.276 bits per heavy atom. The van der Waals surface area contributed by atoms with E-state index in [9.17, 15) is 17.6 Å². The highest BCUT2D eigenvalue weighted by molar-refractivity contribution is 5.99. The molecule has 8 aromatic carbocycles. The van der Waals surface area contributed by atoms with Crippen molar-refractivity contribution in [1.29, 1.82) is 0 Å². The van der Waals surface area contributed by atoms with Gasteiger partial charge < -0.3 is 0 Å². The summed E-state index contributed by atoms with van der Waals surface area (Å²) < 4.78 is 54.9. The molecule has 0 aliphatic rings. The van der Waals surface area contributed by atoms with Crippen LogP contribution in [0.4, 0.5) is 17.6 Å². The van der Waals surface area contributed by atoms with Crippen LogP contribution in [0.2, 0.25) is 0 Å². The van der Waals surface area contributed by atoms with Crippen molar-refractivity contribution in [1.82, 2.24) is 0 Å². The van der Waals surface area contributed by atoms with E-state index in [2.05, 4.69) is 72.8 Å². The van der Waals surface area contributed by atoms with Gasteiger partial charge in [0.2, 0.25) is 0 Å². The lowest BCUT2D eigenvalue weighted by Crippen LogP contribution is -1.90. The third-order valence-corrected chi connectivity index (χ3v) is 10.0. The Labute approximate surface area is 335 Å². The quantitative estimate of drug-likeness (QED) is 0.0962. The van der Waals surface area contributed by atoms with Crippen LogP contribution in [0.1, 0.15) is 55.6 Å². The number of hydrogen-bond donors (Lipinski definition) is 0. The number of rotatable bonds is 10. The molecule has 0 heterocycles. The molecule has 0 saturated heterocycles. The van der Waals surface area contributed by atoms with Crippen molar-refractivity contribution in [2.45, 2.75) is 0 Å². The maximum atomic E-state index is 13.7. The SMILES string of the molecule is Fc1ccc(C(=Cc2ccc(/C=C\c3ccc(/C=C\c4ccc(C=C(c5ccc(F)cc5)c5ccc(F)cc5)cc4)c4ccccc34)cc2)c2ccc(F)cc2)cc1. The van der Waals surface area contributed by atoms with Crippen LogP contribution in [0.25, 0.3) is 58.4 Å². The fourth-order valence-corrected chi connectivity index (χ4v) is 6.93. The van der Waals surface area contributed by atoms with Crippen molar-refractivity contribution in [3.8, 4) is 0 Å². The van der Waals surface area contributed by atoms with Crippen molar-refractivity contribution >= 4 is 58.4 Å². The van der Waals surface area contributed by atoms with Gasteiger partial charge in [-0.2, -0.15) is 0 Å². The van der Waals surface area contributed by atoms with Gasteiger partial charge >= 0.3 is 0 Å². The number of halogens is 4. The first kappa shape index (κ1) is 37.6. The molecule has 0 aliphatic carbocycles. The Balaban J connectivity index is 1.01. The minimum atomic E-state index is -0.311. The molecule has 0 atom stereocenters. The van der Waals surface area contributed by atoms with Gasteiger partial charge in [-0.25, -0.2) is 17.6 Å². The topological polar surface area (TPSA) is 0 Å². The van der Waals surface area contributed by atoms with Crippen molar-refractivity contribution in [2.75, 3.05) is 0 Å². The Hall–Kier alpha value is -7.30. The lowest BCUT2D eigenvalue weighted by atomic mass is 9.95. The molecule has 0 bridgehead atoms. The van der Waals surface area contributed by atoms with Crippen LogP contribution < -0.4 is 0 Å². The Morgan fingerprint density at radius 3 is 0.845 bits per heavy atom. The standard InChI is InChI=1S/C54H36F4/c55-47-27-19-43(20-28-47)53(44-21-29-48(56)30-22-44)35-39-9-5-37(6-10-39)13-15-41-17-18-42(52-4-2-1-3-51(41)52)16-14-38-7-11-40(12-8-38)36-54(45-23-31-49(57)32-24-45)46-25-33-50(58)34-26-46/h1-36H/b15-13-,16-14-. The zero-order valence-electron chi connectivity index (χ0n) is 31.3. The van der Waals surface area contributed by atoms with Gasteiger partial charge in [0.25, 0.3) is 0 Å². The van der Waals surface area contributed by atoms with Gasteiger partial charge in [0.05, 0.1) is 0 Å². The van der Waals surface area contributed by atoms with E-state index >= 15 is 0 Å². The summed E-state index contributed by atoms with van der Waals surface area (Å²) in [6.45, 7) is 0. The van der Waals surface area contributed by atoms with E-state index < -0.39 is 0 Å². The Morgan fingerprint density at radius 2 is 0.552 bits per heavy atom. The van der Waals surface area contributed by atoms with E-state index in [0.717, 1.165) is 77.6 Å². The zero-order valence-corrected chi connectivity index (χ0v) is 31.3. The molecule has 0 unspecified atom stereocenters. The van der Waals surface area contributed by atoms with Gasteiger partial charge in [0.1, 0.15) is 23.3 Å². The molecule has 0 N–H and O–H groups in total. The third-order valence-electron chi connectivity index (χ3n) is 10.0. The molecule has 280 valence electrons. The molecule has 0 saturated carbocycles. The maximum absolute atomic E-state index is 13.7. The van der Waals surface area contributed by atoms with Crippen LogP contribution in [0.5, 0.6) is 0 Å². The second-order valence-electron chi connectivity index (χ2n) is 13.9. The average molecular weight is 761 g/mol. The Kier molecular flexibility index (Phi) is 11.2. The first-order chi connectivity index (χ1) is 28.3. The summed E-state index contributed by atoms with van der Waals surface area (Å²) in [7, 11) is 0. The molecule has 0 spiro atoms. The summed E-state index contributed by atoms with van der Waals surface area (Å²) in [4.78, 5) is 0. The summed E-state index contributed by atoms with van der Waals surface area (Å²) in [5.41, 5.74) is 11.3. The average Bonchev–Trinajstić information content (AvgIpc) is 3.26. The number of fused-ring (bicyclic) bond motifs is 1. The predicted octanol–water partition coefficient (Wildman–Crippen LogP) is 14.9. The van der Waals surface area contributed by atoms with Gasteiger partial charge in [0.15, 0.2) is 0 Å². The molecular formula is C54H36F4. The van der Waals surface area contributed by atoms with Gasteiger partial charge in [-0.05, 0) is 138 Å². The normalized spacial score (nSPS) is 11.3. The number of benzene rings is 8. The first-order valence-corrected chi connectivity index (χ1v) is 18.9. The highest BCUT2D eigenvalue weighted by Crippen LogP contribution is 2.30. The highest BCUT2D eigenvalue weighted by atomic mass is 19.1. The second kappa shape index (κ2) is 17.2. The molecule has 4 heteroatoms. The lowest BCUT2D eigenvalue weighted by molar-refractivity contribution is 0.627. The summed E-state index contributed by atoms with van der Waals surface area (Å²) in [6.07, 6.45) is 12.5. The van der Waals surface area contributed by atoms with Gasteiger partial charge in [-0.1, -0.05) is 158 Å². The van der Waals surface area contributed by atoms with E-state index in [1.807, 2.05) is 48.6 Å². The van der Waals surface area contributed by atoms with Crippen LogP contribution in [0.3, 0.4) is 0 Å². The molecule has 8 rings (SSSR count). The summed E-state index contributed by atoms with van der Waals surface area (Å²) in [5.74, 6) is -1.24. The van der Waals surface area contributed by atoms with Gasteiger partial charge in [-0.15, -0.1) is 0 Å². The van der Waals surface area contributed by atoms with Crippen molar-refractivity contribution in [3.05, 3.63) is 261 Å². The second-order valence-corrected chi connectivity index (χ2v) is 13.9. The van der Waals surface area contributed by atoms with E-state index in [4.69, 9.17) is 0 Å². The molecule has 0 amide bonds. The van der Waals surface area contributed by atoms with E-state index in [1.165, 1.54) is 48.5 Å². The minimum absolute atomic E-state index is 0.311. The number of hydrogen-bond acceptors (Lipinski definition) is 0. The third kappa shape index (κ3) is 9.04. The minimum Gasteiger partial charge on any atom is -0.207 e. The molecule has 0 aromatic heterocycles. The smallest absolute Gasteiger partial charge is 0.123 e. The van der Waals surface area contributed by atoms with E-state index in [-0.39, 0.29) is 23.3 Å². The fraction of sp³-hybridized carbons (Fsp3) is 0. The van der Waals surface area contributed by atoms with Crippen LogP contribution >= 0.6 is 0 Å². The van der Waals surface area contributed by atoms with E-state index in [0.29, 0.717) is 0 Å². The molecular weight excluding hydrogens is 725 g/mol. The monoisotopic (exact) mass is 760 g/mol. The maximum Gasteiger partial charge on any atom is 0.123 e. The van der Waals surface area contributed by atoms with Crippen LogP contribution in [0, 0.1) is 23.3 Å². The molecule has 0 nitrogen and oxygen atoms in total. The lowest BCUT2D eigenvalue weighted by Gasteiger charge is -2.10. The molecule has 0 fully saturated rings. The summed E-state index contributed by atoms with van der Waals surface area (Å²) >= 11 is 0. The van der Waals surface area contributed by atoms with E-state index in [1.54, 1.807) is 48.5 Å². The van der Waals surface area contributed by atoms with Crippen molar-refractivity contribution < 1.29 is 17.6 Å². The summed E-state index contributed by atoms with van der Waals surface area (Å²) in [6, 6.07) is 54.3. The molecule has 0 aliphatic heterocycles. The highest BCUT2D eigenvalue weighted by Gasteiger charge is 2.09. The molecule has 8 aromatic rings. The molecule has 58 heavy (non-hydrogen) atoms. The predicted molar refractivity (Wildman–Crippen MR) is 234 cm³/mol. The summed E-state index contributed by atoms with van der Waals surface area (Å²) in [5, 5.41) is 2.27. The van der Waals surface area contributed by atoms with Gasteiger partial charge in [-0.3, -0.25) is 0 Å². The first-order valence-electron chi connectivity index (χ1n) is 18.9. The van der Waals surface area contributed by atoms with Crippen LogP contribution in [-0.2, 0) is 0 Å². The Bertz CT molecular complexity index is 2500. The fourth-order valence-electron chi connectivity index (χ4n) is 6.93. The van der Waals surface area contributed by atoms with Crippen molar-refractivity contribution in [3.63, 3.8) is 0 Å². The molecule has 0 radical (unpaired) electrons. The van der Waals surface area contributed by atoms with Crippen LogP contribution in [-0.4, -0.2) is 0 Å². The largest absolute Gasteiger partial charge is 0.207 e. The van der Waals surface area contributed by atoms with Gasteiger partial charge in [0, 0.05) is 0 Å². The zero-order chi connectivity index (χ0) is 39.8. The van der Waals surface area contributed by atoms with Crippen LogP contribution in [0.15, 0.2) is 182 Å².